The Bertz CT molecular complexity index is 916. The first-order chi connectivity index (χ1) is 14.8. The van der Waals surface area contributed by atoms with Gasteiger partial charge in [0.05, 0.1) is 25.0 Å². The standard InChI is InChI=1S/C22H28N4O3S/c27-21(15-30-22-24-23-20-7-2-1-3-10-26(20)22)25-11-4-6-17(25)16-8-9-18-19(14-16)29-13-5-12-28-18/h8-9,14,17H,1-7,10-13,15H2/t17-/m0/s1. The first-order valence-corrected chi connectivity index (χ1v) is 12.0. The van der Waals surface area contributed by atoms with Gasteiger partial charge in [0.1, 0.15) is 5.82 Å². The summed E-state index contributed by atoms with van der Waals surface area (Å²) < 4.78 is 13.8. The summed E-state index contributed by atoms with van der Waals surface area (Å²) in [6.07, 6.45) is 7.45. The van der Waals surface area contributed by atoms with Gasteiger partial charge in [-0.3, -0.25) is 4.79 Å². The summed E-state index contributed by atoms with van der Waals surface area (Å²) in [5.41, 5.74) is 1.13. The average Bonchev–Trinajstić information content (AvgIpc) is 3.24. The van der Waals surface area contributed by atoms with E-state index in [1.165, 1.54) is 24.6 Å². The van der Waals surface area contributed by atoms with Crippen molar-refractivity contribution in [1.82, 2.24) is 19.7 Å². The minimum Gasteiger partial charge on any atom is -0.490 e. The number of thioether (sulfide) groups is 1. The number of likely N-dealkylation sites (tertiary alicyclic amines) is 1. The summed E-state index contributed by atoms with van der Waals surface area (Å²) in [5, 5.41) is 9.57. The van der Waals surface area contributed by atoms with Crippen molar-refractivity contribution in [3.8, 4) is 11.5 Å². The van der Waals surface area contributed by atoms with Gasteiger partial charge in [0, 0.05) is 25.9 Å². The highest BCUT2D eigenvalue weighted by molar-refractivity contribution is 7.99. The van der Waals surface area contributed by atoms with Crippen molar-refractivity contribution in [3.05, 3.63) is 29.6 Å². The van der Waals surface area contributed by atoms with Gasteiger partial charge in [0.2, 0.25) is 5.91 Å². The third-order valence-corrected chi connectivity index (χ3v) is 7.08. The Hall–Kier alpha value is -2.22. The average molecular weight is 429 g/mol. The van der Waals surface area contributed by atoms with Crippen molar-refractivity contribution in [2.24, 2.45) is 0 Å². The number of benzene rings is 1. The minimum absolute atomic E-state index is 0.103. The van der Waals surface area contributed by atoms with E-state index in [1.807, 2.05) is 11.0 Å². The third kappa shape index (κ3) is 4.02. The highest BCUT2D eigenvalue weighted by atomic mass is 32.2. The van der Waals surface area contributed by atoms with Crippen LogP contribution < -0.4 is 9.47 Å². The van der Waals surface area contributed by atoms with Gasteiger partial charge in [-0.05, 0) is 43.4 Å². The van der Waals surface area contributed by atoms with Crippen LogP contribution in [0.15, 0.2) is 23.4 Å². The number of fused-ring (bicyclic) bond motifs is 2. The largest absolute Gasteiger partial charge is 0.490 e. The first-order valence-electron chi connectivity index (χ1n) is 11.0. The molecule has 7 nitrogen and oxygen atoms in total. The van der Waals surface area contributed by atoms with Crippen molar-refractivity contribution < 1.29 is 14.3 Å². The van der Waals surface area contributed by atoms with Gasteiger partial charge in [-0.2, -0.15) is 0 Å². The molecule has 5 rings (SSSR count). The van der Waals surface area contributed by atoms with Crippen LogP contribution in [-0.4, -0.2) is 51.1 Å². The van der Waals surface area contributed by atoms with Crippen LogP contribution in [0.1, 0.15) is 56.0 Å². The maximum absolute atomic E-state index is 13.1. The van der Waals surface area contributed by atoms with E-state index in [0.29, 0.717) is 19.0 Å². The van der Waals surface area contributed by atoms with Gasteiger partial charge < -0.3 is 18.9 Å². The van der Waals surface area contributed by atoms with Crippen molar-refractivity contribution in [1.29, 1.82) is 0 Å². The highest BCUT2D eigenvalue weighted by Crippen LogP contribution is 2.38. The van der Waals surface area contributed by atoms with E-state index in [4.69, 9.17) is 9.47 Å². The fourth-order valence-corrected chi connectivity index (χ4v) is 5.44. The van der Waals surface area contributed by atoms with Gasteiger partial charge in [0.15, 0.2) is 16.7 Å². The molecular weight excluding hydrogens is 400 g/mol. The number of hydrogen-bond donors (Lipinski definition) is 0. The van der Waals surface area contributed by atoms with E-state index in [1.54, 1.807) is 0 Å². The number of carbonyl (C=O) groups excluding carboxylic acids is 1. The van der Waals surface area contributed by atoms with Crippen LogP contribution >= 0.6 is 11.8 Å². The number of aromatic nitrogens is 3. The van der Waals surface area contributed by atoms with Crippen LogP contribution in [0.4, 0.5) is 0 Å². The molecule has 3 aliphatic heterocycles. The van der Waals surface area contributed by atoms with E-state index in [0.717, 1.165) is 73.2 Å². The van der Waals surface area contributed by atoms with E-state index in [-0.39, 0.29) is 11.9 Å². The number of ether oxygens (including phenoxy) is 2. The summed E-state index contributed by atoms with van der Waals surface area (Å²) in [7, 11) is 0. The van der Waals surface area contributed by atoms with Crippen LogP contribution in [0.2, 0.25) is 0 Å². The van der Waals surface area contributed by atoms with Crippen molar-refractivity contribution >= 4 is 17.7 Å². The van der Waals surface area contributed by atoms with E-state index in [9.17, 15) is 4.79 Å². The van der Waals surface area contributed by atoms with E-state index >= 15 is 0 Å². The van der Waals surface area contributed by atoms with Crippen LogP contribution in [0.5, 0.6) is 11.5 Å². The molecule has 0 aliphatic carbocycles. The molecule has 8 heteroatoms. The molecule has 4 heterocycles. The first kappa shape index (κ1) is 19.7. The monoisotopic (exact) mass is 428 g/mol. The molecule has 1 aromatic carbocycles. The molecule has 2 aromatic rings. The fraction of sp³-hybridized carbons (Fsp3) is 0.591. The van der Waals surface area contributed by atoms with Gasteiger partial charge >= 0.3 is 0 Å². The Morgan fingerprint density at radius 1 is 1.03 bits per heavy atom. The lowest BCUT2D eigenvalue weighted by molar-refractivity contribution is -0.129. The zero-order valence-corrected chi connectivity index (χ0v) is 18.0. The predicted octanol–water partition coefficient (Wildman–Crippen LogP) is 3.62. The Labute approximate surface area is 181 Å². The molecule has 1 fully saturated rings. The van der Waals surface area contributed by atoms with Crippen molar-refractivity contribution in [2.45, 2.75) is 62.7 Å². The van der Waals surface area contributed by atoms with Crippen LogP contribution in [0.3, 0.4) is 0 Å². The summed E-state index contributed by atoms with van der Waals surface area (Å²) >= 11 is 1.52. The van der Waals surface area contributed by atoms with Crippen LogP contribution in [0, 0.1) is 0 Å². The Kier molecular flexibility index (Phi) is 5.84. The Morgan fingerprint density at radius 2 is 1.93 bits per heavy atom. The topological polar surface area (TPSA) is 69.5 Å². The molecular formula is C22H28N4O3S. The summed E-state index contributed by atoms with van der Waals surface area (Å²) in [6.45, 7) is 3.12. The number of aryl methyl sites for hydroxylation is 1. The van der Waals surface area contributed by atoms with Crippen molar-refractivity contribution in [2.75, 3.05) is 25.5 Å². The third-order valence-electron chi connectivity index (χ3n) is 6.13. The molecule has 0 saturated carbocycles. The van der Waals surface area contributed by atoms with Gasteiger partial charge in [0.25, 0.3) is 0 Å². The summed E-state index contributed by atoms with van der Waals surface area (Å²) in [4.78, 5) is 15.1. The molecule has 0 spiro atoms. The van der Waals surface area contributed by atoms with E-state index in [2.05, 4.69) is 26.9 Å². The normalized spacial score (nSPS) is 21.1. The number of rotatable bonds is 4. The molecule has 0 N–H and O–H groups in total. The Balaban J connectivity index is 1.27. The van der Waals surface area contributed by atoms with E-state index < -0.39 is 0 Å². The lowest BCUT2D eigenvalue weighted by atomic mass is 10.0. The molecule has 0 bridgehead atoms. The molecule has 0 radical (unpaired) electrons. The second kappa shape index (κ2) is 8.88. The maximum atomic E-state index is 13.1. The molecule has 30 heavy (non-hydrogen) atoms. The molecule has 160 valence electrons. The predicted molar refractivity (Wildman–Crippen MR) is 114 cm³/mol. The molecule has 1 amide bonds. The maximum Gasteiger partial charge on any atom is 0.233 e. The summed E-state index contributed by atoms with van der Waals surface area (Å²) in [5.74, 6) is 3.23. The van der Waals surface area contributed by atoms with Gasteiger partial charge in [-0.25, -0.2) is 0 Å². The lowest BCUT2D eigenvalue weighted by Crippen LogP contribution is -2.32. The molecule has 1 aromatic heterocycles. The quantitative estimate of drug-likeness (QED) is 0.693. The number of carbonyl (C=O) groups is 1. The van der Waals surface area contributed by atoms with Gasteiger partial charge in [-0.1, -0.05) is 24.2 Å². The van der Waals surface area contributed by atoms with Gasteiger partial charge in [-0.15, -0.1) is 10.2 Å². The number of nitrogens with zero attached hydrogens (tertiary/aromatic N) is 4. The SMILES string of the molecule is O=C(CSc1nnc2n1CCCCC2)N1CCC[C@H]1c1ccc2c(c1)OCCCO2. The second-order valence-corrected chi connectivity index (χ2v) is 9.09. The lowest BCUT2D eigenvalue weighted by Gasteiger charge is -2.25. The summed E-state index contributed by atoms with van der Waals surface area (Å²) in [6, 6.07) is 6.22. The second-order valence-electron chi connectivity index (χ2n) is 8.15. The smallest absolute Gasteiger partial charge is 0.233 e. The molecule has 0 unspecified atom stereocenters. The molecule has 3 aliphatic rings. The number of amides is 1. The molecule has 1 saturated heterocycles. The van der Waals surface area contributed by atoms with Crippen molar-refractivity contribution in [3.63, 3.8) is 0 Å². The zero-order chi connectivity index (χ0) is 20.3. The van der Waals surface area contributed by atoms with Crippen LogP contribution in [-0.2, 0) is 17.8 Å². The zero-order valence-electron chi connectivity index (χ0n) is 17.2. The highest BCUT2D eigenvalue weighted by Gasteiger charge is 2.31. The number of hydrogen-bond acceptors (Lipinski definition) is 6. The fourth-order valence-electron chi connectivity index (χ4n) is 4.57. The molecule has 1 atom stereocenters. The minimum atomic E-state index is 0.103. The van der Waals surface area contributed by atoms with Crippen LogP contribution in [0.25, 0.3) is 0 Å². The Morgan fingerprint density at radius 3 is 2.87 bits per heavy atom.